The van der Waals surface area contributed by atoms with Crippen molar-refractivity contribution in [2.75, 3.05) is 16.6 Å². The molecule has 2 heterocycles. The van der Waals surface area contributed by atoms with E-state index in [9.17, 15) is 22.4 Å². The summed E-state index contributed by atoms with van der Waals surface area (Å²) < 4.78 is 42.0. The van der Waals surface area contributed by atoms with Crippen molar-refractivity contribution >= 4 is 44.5 Å². The highest BCUT2D eigenvalue weighted by molar-refractivity contribution is 7.92. The van der Waals surface area contributed by atoms with E-state index in [0.29, 0.717) is 29.8 Å². The number of halogens is 1. The van der Waals surface area contributed by atoms with E-state index in [0.717, 1.165) is 6.07 Å². The van der Waals surface area contributed by atoms with Crippen LogP contribution in [0.3, 0.4) is 0 Å². The van der Waals surface area contributed by atoms with Crippen LogP contribution < -0.4 is 10.0 Å². The van der Waals surface area contributed by atoms with Gasteiger partial charge in [-0.3, -0.25) is 14.3 Å². The topological polar surface area (TPSA) is 95.6 Å². The molecule has 2 amide bonds. The first-order valence-electron chi connectivity index (χ1n) is 10.3. The number of sulfonamides is 1. The highest BCUT2D eigenvalue weighted by atomic mass is 32.2. The van der Waals surface area contributed by atoms with Gasteiger partial charge in [0.05, 0.1) is 15.5 Å². The van der Waals surface area contributed by atoms with Crippen LogP contribution >= 0.6 is 11.3 Å². The molecular formula is C23H22FN3O4S2. The largest absolute Gasteiger partial charge is 0.326 e. The number of anilines is 2. The molecule has 10 heteroatoms. The van der Waals surface area contributed by atoms with Gasteiger partial charge in [0.25, 0.3) is 15.9 Å². The molecule has 1 aliphatic rings. The molecule has 0 bridgehead atoms. The van der Waals surface area contributed by atoms with E-state index in [1.807, 2.05) is 5.38 Å². The van der Waals surface area contributed by atoms with E-state index in [2.05, 4.69) is 10.0 Å². The molecule has 0 saturated carbocycles. The summed E-state index contributed by atoms with van der Waals surface area (Å²) in [6.45, 7) is 2.09. The lowest BCUT2D eigenvalue weighted by molar-refractivity contribution is -0.119. The van der Waals surface area contributed by atoms with Crippen LogP contribution in [0.15, 0.2) is 64.9 Å². The van der Waals surface area contributed by atoms with E-state index in [-0.39, 0.29) is 28.1 Å². The van der Waals surface area contributed by atoms with Gasteiger partial charge in [0.2, 0.25) is 5.91 Å². The third kappa shape index (κ3) is 4.91. The van der Waals surface area contributed by atoms with Gasteiger partial charge in [-0.2, -0.15) is 0 Å². The molecule has 1 unspecified atom stereocenters. The van der Waals surface area contributed by atoms with Crippen LogP contribution in [0, 0.1) is 12.7 Å². The molecule has 2 aromatic carbocycles. The highest BCUT2D eigenvalue weighted by Gasteiger charge is 2.35. The number of hydrogen-bond acceptors (Lipinski definition) is 5. The van der Waals surface area contributed by atoms with Gasteiger partial charge in [-0.05, 0) is 61.0 Å². The normalized spacial score (nSPS) is 15.9. The number of aryl methyl sites for hydroxylation is 1. The third-order valence-electron chi connectivity index (χ3n) is 5.41. The van der Waals surface area contributed by atoms with E-state index in [4.69, 9.17) is 0 Å². The quantitative estimate of drug-likeness (QED) is 0.544. The molecule has 7 nitrogen and oxygen atoms in total. The van der Waals surface area contributed by atoms with Gasteiger partial charge in [0, 0.05) is 12.2 Å². The number of carbonyl (C=O) groups excluding carboxylic acids is 2. The Bertz CT molecular complexity index is 1290. The van der Waals surface area contributed by atoms with Crippen LogP contribution in [0.25, 0.3) is 0 Å². The fourth-order valence-corrected chi connectivity index (χ4v) is 5.78. The molecule has 3 aromatic rings. The van der Waals surface area contributed by atoms with Crippen LogP contribution in [0.4, 0.5) is 15.8 Å². The molecule has 4 rings (SSSR count). The minimum Gasteiger partial charge on any atom is -0.326 e. The number of thiophene rings is 1. The molecule has 1 aromatic heterocycles. The number of rotatable bonds is 6. The van der Waals surface area contributed by atoms with Crippen LogP contribution in [-0.4, -0.2) is 37.7 Å². The zero-order valence-electron chi connectivity index (χ0n) is 17.7. The SMILES string of the molecule is Cc1ccc(NC(=O)C2CCCN2C(=O)c2cccs2)cc1S(=O)(=O)Nc1ccccc1F. The molecular weight excluding hydrogens is 465 g/mol. The van der Waals surface area contributed by atoms with E-state index < -0.39 is 21.9 Å². The van der Waals surface area contributed by atoms with Crippen LogP contribution in [0.1, 0.15) is 28.1 Å². The number of nitrogens with zero attached hydrogens (tertiary/aromatic N) is 1. The first kappa shape index (κ1) is 22.9. The van der Waals surface area contributed by atoms with Crippen molar-refractivity contribution in [2.45, 2.75) is 30.7 Å². The fraction of sp³-hybridized carbons (Fsp3) is 0.217. The second-order valence-electron chi connectivity index (χ2n) is 7.69. The summed E-state index contributed by atoms with van der Waals surface area (Å²) in [5, 5.41) is 4.54. The van der Waals surface area contributed by atoms with Crippen molar-refractivity contribution < 1.29 is 22.4 Å². The fourth-order valence-electron chi connectivity index (χ4n) is 3.76. The Morgan fingerprint density at radius 3 is 2.64 bits per heavy atom. The van der Waals surface area contributed by atoms with Crippen LogP contribution in [0.2, 0.25) is 0 Å². The molecule has 172 valence electrons. The van der Waals surface area contributed by atoms with E-state index in [1.54, 1.807) is 36.1 Å². The van der Waals surface area contributed by atoms with Crippen LogP contribution in [-0.2, 0) is 14.8 Å². The van der Waals surface area contributed by atoms with Crippen LogP contribution in [0.5, 0.6) is 0 Å². The maximum atomic E-state index is 13.9. The first-order valence-corrected chi connectivity index (χ1v) is 12.7. The molecule has 2 N–H and O–H groups in total. The van der Waals surface area contributed by atoms with Gasteiger partial charge in [0.1, 0.15) is 11.9 Å². The standard InChI is InChI=1S/C23H22FN3O4S2/c1-15-10-11-16(14-21(15)33(30,31)26-18-7-3-2-6-17(18)24)25-22(28)19-8-4-12-27(19)23(29)20-9-5-13-32-20/h2-3,5-7,9-11,13-14,19,26H,4,8,12H2,1H3,(H,25,28). The second kappa shape index (κ2) is 9.32. The molecule has 1 atom stereocenters. The minimum absolute atomic E-state index is 0.0820. The molecule has 0 radical (unpaired) electrons. The Morgan fingerprint density at radius 1 is 1.12 bits per heavy atom. The average molecular weight is 488 g/mol. The van der Waals surface area contributed by atoms with Gasteiger partial charge in [0.15, 0.2) is 0 Å². The van der Waals surface area contributed by atoms with E-state index in [1.165, 1.54) is 35.6 Å². The Balaban J connectivity index is 1.53. The van der Waals surface area contributed by atoms with Crippen molar-refractivity contribution in [1.29, 1.82) is 0 Å². The Morgan fingerprint density at radius 2 is 1.91 bits per heavy atom. The van der Waals surface area contributed by atoms with Gasteiger partial charge in [-0.15, -0.1) is 11.3 Å². The lowest BCUT2D eigenvalue weighted by Gasteiger charge is -2.23. The predicted octanol–water partition coefficient (Wildman–Crippen LogP) is 4.24. The maximum Gasteiger partial charge on any atom is 0.264 e. The number of benzene rings is 2. The summed E-state index contributed by atoms with van der Waals surface area (Å²) in [5.74, 6) is -1.27. The minimum atomic E-state index is -4.10. The molecule has 0 aliphatic carbocycles. The van der Waals surface area contributed by atoms with Crippen molar-refractivity contribution in [3.05, 3.63) is 76.2 Å². The zero-order chi connectivity index (χ0) is 23.6. The lowest BCUT2D eigenvalue weighted by atomic mass is 10.2. The number of nitrogens with one attached hydrogen (secondary N) is 2. The molecule has 1 fully saturated rings. The monoisotopic (exact) mass is 487 g/mol. The molecule has 1 aliphatic heterocycles. The summed E-state index contributed by atoms with van der Waals surface area (Å²) in [6, 6.07) is 12.8. The summed E-state index contributed by atoms with van der Waals surface area (Å²) in [5.41, 5.74) is 0.544. The number of carbonyl (C=O) groups is 2. The molecule has 0 spiro atoms. The summed E-state index contributed by atoms with van der Waals surface area (Å²) >= 11 is 1.32. The van der Waals surface area contributed by atoms with Gasteiger partial charge >= 0.3 is 0 Å². The number of hydrogen-bond donors (Lipinski definition) is 2. The average Bonchev–Trinajstić information content (AvgIpc) is 3.48. The zero-order valence-corrected chi connectivity index (χ0v) is 19.4. The molecule has 1 saturated heterocycles. The summed E-state index contributed by atoms with van der Waals surface area (Å²) in [7, 11) is -4.10. The summed E-state index contributed by atoms with van der Waals surface area (Å²) in [4.78, 5) is 27.7. The van der Waals surface area contributed by atoms with E-state index >= 15 is 0 Å². The van der Waals surface area contributed by atoms with Crippen molar-refractivity contribution in [3.8, 4) is 0 Å². The number of para-hydroxylation sites is 1. The second-order valence-corrected chi connectivity index (χ2v) is 10.3. The highest BCUT2D eigenvalue weighted by Crippen LogP contribution is 2.26. The van der Waals surface area contributed by atoms with Crippen molar-refractivity contribution in [3.63, 3.8) is 0 Å². The maximum absolute atomic E-state index is 13.9. The Hall–Kier alpha value is -3.24. The summed E-state index contributed by atoms with van der Waals surface area (Å²) in [6.07, 6.45) is 1.23. The van der Waals surface area contributed by atoms with Gasteiger partial charge in [-0.25, -0.2) is 12.8 Å². The number of likely N-dealkylation sites (tertiary alicyclic amines) is 1. The third-order valence-corrected chi connectivity index (χ3v) is 7.78. The van der Waals surface area contributed by atoms with Gasteiger partial charge < -0.3 is 10.2 Å². The number of amides is 2. The molecule has 33 heavy (non-hydrogen) atoms. The van der Waals surface area contributed by atoms with Gasteiger partial charge in [-0.1, -0.05) is 24.3 Å². The Labute approximate surface area is 195 Å². The van der Waals surface area contributed by atoms with Crippen molar-refractivity contribution in [1.82, 2.24) is 4.90 Å². The predicted molar refractivity (Wildman–Crippen MR) is 125 cm³/mol. The lowest BCUT2D eigenvalue weighted by Crippen LogP contribution is -2.43. The smallest absolute Gasteiger partial charge is 0.264 e. The first-order chi connectivity index (χ1) is 15.8. The Kier molecular flexibility index (Phi) is 6.48. The van der Waals surface area contributed by atoms with Crippen molar-refractivity contribution in [2.24, 2.45) is 0 Å².